The van der Waals surface area contributed by atoms with Gasteiger partial charge in [-0.3, -0.25) is 9.69 Å². The Hall–Kier alpha value is -1.63. The standard InChI is InChI=1S/C19H28N2O4/c1-20(2)18(22)12-24-11-16-8-9-25-19(16)13-21(14-19)10-15-4-6-17(23-3)7-5-15/h4-7,16H,8-14H2,1-3H3. The molecule has 2 saturated heterocycles. The summed E-state index contributed by atoms with van der Waals surface area (Å²) in [5.74, 6) is 1.25. The van der Waals surface area contributed by atoms with Crippen molar-refractivity contribution in [1.29, 1.82) is 0 Å². The van der Waals surface area contributed by atoms with Crippen LogP contribution < -0.4 is 4.74 Å². The zero-order valence-electron chi connectivity index (χ0n) is 15.4. The maximum absolute atomic E-state index is 11.6. The second-order valence-electron chi connectivity index (χ2n) is 7.20. The molecule has 2 aliphatic heterocycles. The van der Waals surface area contributed by atoms with Gasteiger partial charge in [-0.25, -0.2) is 0 Å². The number of likely N-dealkylation sites (N-methyl/N-ethyl adjacent to an activating group) is 1. The van der Waals surface area contributed by atoms with Crippen molar-refractivity contribution >= 4 is 5.91 Å². The summed E-state index contributed by atoms with van der Waals surface area (Å²) in [4.78, 5) is 15.6. The molecule has 6 heteroatoms. The lowest BCUT2D eigenvalue weighted by Gasteiger charge is -2.50. The Morgan fingerprint density at radius 1 is 1.32 bits per heavy atom. The van der Waals surface area contributed by atoms with Crippen LogP contribution in [-0.2, 0) is 20.8 Å². The molecule has 0 aliphatic carbocycles. The lowest BCUT2D eigenvalue weighted by atomic mass is 9.81. The molecule has 1 amide bonds. The van der Waals surface area contributed by atoms with E-state index in [9.17, 15) is 4.79 Å². The number of nitrogens with zero attached hydrogens (tertiary/aromatic N) is 2. The van der Waals surface area contributed by atoms with Gasteiger partial charge < -0.3 is 19.1 Å². The van der Waals surface area contributed by atoms with Crippen LogP contribution in [0.3, 0.4) is 0 Å². The summed E-state index contributed by atoms with van der Waals surface area (Å²) in [7, 11) is 5.17. The van der Waals surface area contributed by atoms with Crippen LogP contribution in [0.25, 0.3) is 0 Å². The fourth-order valence-corrected chi connectivity index (χ4v) is 3.60. The molecule has 0 saturated carbocycles. The van der Waals surface area contributed by atoms with Gasteiger partial charge in [0.25, 0.3) is 0 Å². The number of hydrogen-bond acceptors (Lipinski definition) is 5. The normalized spacial score (nSPS) is 22.0. The summed E-state index contributed by atoms with van der Waals surface area (Å²) in [5.41, 5.74) is 1.19. The summed E-state index contributed by atoms with van der Waals surface area (Å²) in [6.45, 7) is 4.29. The van der Waals surface area contributed by atoms with Gasteiger partial charge in [-0.1, -0.05) is 12.1 Å². The minimum atomic E-state index is -0.0896. The first-order valence-corrected chi connectivity index (χ1v) is 8.79. The molecule has 6 nitrogen and oxygen atoms in total. The topological polar surface area (TPSA) is 51.2 Å². The van der Waals surface area contributed by atoms with Crippen molar-refractivity contribution in [3.63, 3.8) is 0 Å². The summed E-state index contributed by atoms with van der Waals surface area (Å²) < 4.78 is 16.9. The SMILES string of the molecule is COc1ccc(CN2CC3(C2)OCCC3COCC(=O)N(C)C)cc1. The third-order valence-electron chi connectivity index (χ3n) is 5.19. The van der Waals surface area contributed by atoms with Crippen LogP contribution in [0.4, 0.5) is 0 Å². The third-order valence-corrected chi connectivity index (χ3v) is 5.19. The molecule has 1 aromatic rings. The maximum atomic E-state index is 11.6. The predicted molar refractivity (Wildman–Crippen MR) is 94.6 cm³/mol. The van der Waals surface area contributed by atoms with Crippen molar-refractivity contribution in [1.82, 2.24) is 9.80 Å². The van der Waals surface area contributed by atoms with Crippen molar-refractivity contribution in [2.24, 2.45) is 5.92 Å². The molecule has 2 fully saturated rings. The second-order valence-corrected chi connectivity index (χ2v) is 7.20. The molecule has 1 atom stereocenters. The van der Waals surface area contributed by atoms with E-state index in [2.05, 4.69) is 17.0 Å². The number of hydrogen-bond donors (Lipinski definition) is 0. The highest BCUT2D eigenvalue weighted by Crippen LogP contribution is 2.40. The number of carbonyl (C=O) groups is 1. The number of methoxy groups -OCH3 is 1. The van der Waals surface area contributed by atoms with Crippen LogP contribution in [0.5, 0.6) is 5.75 Å². The molecule has 0 aromatic heterocycles. The lowest BCUT2D eigenvalue weighted by molar-refractivity contribution is -0.150. The predicted octanol–water partition coefficient (Wildman–Crippen LogP) is 1.39. The van der Waals surface area contributed by atoms with Crippen molar-refractivity contribution in [2.45, 2.75) is 18.6 Å². The lowest BCUT2D eigenvalue weighted by Crippen LogP contribution is -2.64. The van der Waals surface area contributed by atoms with Crippen LogP contribution in [0.1, 0.15) is 12.0 Å². The van der Waals surface area contributed by atoms with Gasteiger partial charge in [-0.15, -0.1) is 0 Å². The molecule has 3 rings (SSSR count). The molecule has 0 bridgehead atoms. The fraction of sp³-hybridized carbons (Fsp3) is 0.632. The molecule has 2 aliphatic rings. The van der Waals surface area contributed by atoms with Crippen LogP contribution in [-0.4, -0.2) is 75.4 Å². The van der Waals surface area contributed by atoms with E-state index in [4.69, 9.17) is 14.2 Å². The van der Waals surface area contributed by atoms with Crippen LogP contribution in [0.15, 0.2) is 24.3 Å². The Labute approximate surface area is 149 Å². The van der Waals surface area contributed by atoms with Gasteiger partial charge in [0.05, 0.1) is 19.3 Å². The Morgan fingerprint density at radius 3 is 2.68 bits per heavy atom. The van der Waals surface area contributed by atoms with Gasteiger partial charge in [0.1, 0.15) is 12.4 Å². The molecular formula is C19H28N2O4. The van der Waals surface area contributed by atoms with E-state index in [1.54, 1.807) is 26.1 Å². The number of likely N-dealkylation sites (tertiary alicyclic amines) is 1. The number of ether oxygens (including phenoxy) is 3. The first-order valence-electron chi connectivity index (χ1n) is 8.79. The van der Waals surface area contributed by atoms with Crippen molar-refractivity contribution in [3.05, 3.63) is 29.8 Å². The average Bonchev–Trinajstić information content (AvgIpc) is 2.99. The van der Waals surface area contributed by atoms with Gasteiger partial charge >= 0.3 is 0 Å². The average molecular weight is 348 g/mol. The van der Waals surface area contributed by atoms with Crippen molar-refractivity contribution < 1.29 is 19.0 Å². The third kappa shape index (κ3) is 4.14. The van der Waals surface area contributed by atoms with E-state index in [0.717, 1.165) is 38.4 Å². The van der Waals surface area contributed by atoms with Crippen LogP contribution >= 0.6 is 0 Å². The quantitative estimate of drug-likeness (QED) is 0.745. The largest absolute Gasteiger partial charge is 0.497 e. The highest BCUT2D eigenvalue weighted by molar-refractivity contribution is 5.76. The van der Waals surface area contributed by atoms with Gasteiger partial charge in [0.2, 0.25) is 5.91 Å². The molecule has 138 valence electrons. The maximum Gasteiger partial charge on any atom is 0.248 e. The highest BCUT2D eigenvalue weighted by Gasteiger charge is 2.52. The zero-order chi connectivity index (χ0) is 17.9. The Morgan fingerprint density at radius 2 is 2.04 bits per heavy atom. The summed E-state index contributed by atoms with van der Waals surface area (Å²) >= 11 is 0. The first kappa shape index (κ1) is 18.2. The van der Waals surface area contributed by atoms with Crippen molar-refractivity contribution in [3.8, 4) is 5.75 Å². The van der Waals surface area contributed by atoms with Crippen molar-refractivity contribution in [2.75, 3.05) is 54.1 Å². The van der Waals surface area contributed by atoms with E-state index >= 15 is 0 Å². The van der Waals surface area contributed by atoms with Crippen LogP contribution in [0.2, 0.25) is 0 Å². The number of benzene rings is 1. The van der Waals surface area contributed by atoms with E-state index in [0.29, 0.717) is 12.5 Å². The number of rotatable bonds is 7. The Bertz CT molecular complexity index is 582. The van der Waals surface area contributed by atoms with E-state index in [-0.39, 0.29) is 18.1 Å². The van der Waals surface area contributed by atoms with E-state index < -0.39 is 0 Å². The first-order chi connectivity index (χ1) is 12.0. The molecule has 25 heavy (non-hydrogen) atoms. The zero-order valence-corrected chi connectivity index (χ0v) is 15.4. The Kier molecular flexibility index (Phi) is 5.61. The van der Waals surface area contributed by atoms with Crippen LogP contribution in [0, 0.1) is 5.92 Å². The van der Waals surface area contributed by atoms with Gasteiger partial charge in [-0.05, 0) is 24.1 Å². The second kappa shape index (κ2) is 7.72. The molecule has 1 unspecified atom stereocenters. The molecule has 0 N–H and O–H groups in total. The smallest absolute Gasteiger partial charge is 0.248 e. The fourth-order valence-electron chi connectivity index (χ4n) is 3.60. The minimum absolute atomic E-state index is 0.00251. The molecule has 1 spiro atoms. The Balaban J connectivity index is 1.46. The summed E-state index contributed by atoms with van der Waals surface area (Å²) in [6.07, 6.45) is 1.01. The number of carbonyl (C=O) groups excluding carboxylic acids is 1. The summed E-state index contributed by atoms with van der Waals surface area (Å²) in [6, 6.07) is 8.20. The monoisotopic (exact) mass is 348 g/mol. The number of amides is 1. The molecule has 2 heterocycles. The summed E-state index contributed by atoms with van der Waals surface area (Å²) in [5, 5.41) is 0. The van der Waals surface area contributed by atoms with Gasteiger partial charge in [-0.2, -0.15) is 0 Å². The highest BCUT2D eigenvalue weighted by atomic mass is 16.5. The van der Waals surface area contributed by atoms with E-state index in [1.807, 2.05) is 12.1 Å². The molecular weight excluding hydrogens is 320 g/mol. The van der Waals surface area contributed by atoms with Gasteiger partial charge in [0, 0.05) is 46.3 Å². The van der Waals surface area contributed by atoms with Gasteiger partial charge in [0.15, 0.2) is 0 Å². The van der Waals surface area contributed by atoms with E-state index in [1.165, 1.54) is 5.56 Å². The molecule has 0 radical (unpaired) electrons. The minimum Gasteiger partial charge on any atom is -0.497 e. The molecule has 1 aromatic carbocycles.